The highest BCUT2D eigenvalue weighted by atomic mass is 16.3. The summed E-state index contributed by atoms with van der Waals surface area (Å²) >= 11 is 0. The molecule has 2 rings (SSSR count). The Hall–Kier alpha value is -0.0800. The van der Waals surface area contributed by atoms with E-state index in [4.69, 9.17) is 5.11 Å². The first-order valence-electron chi connectivity index (χ1n) is 4.73. The number of rotatable bonds is 3. The van der Waals surface area contributed by atoms with E-state index in [1.54, 1.807) is 0 Å². The fourth-order valence-corrected chi connectivity index (χ4v) is 2.17. The lowest BCUT2D eigenvalue weighted by molar-refractivity contribution is 0.0676. The van der Waals surface area contributed by atoms with Crippen molar-refractivity contribution in [3.63, 3.8) is 0 Å². The summed E-state index contributed by atoms with van der Waals surface area (Å²) in [5.41, 5.74) is 0. The molecule has 0 amide bonds. The van der Waals surface area contributed by atoms with Crippen molar-refractivity contribution >= 4 is 0 Å². The zero-order valence-corrected chi connectivity index (χ0v) is 7.16. The van der Waals surface area contributed by atoms with Gasteiger partial charge in [-0.15, -0.1) is 0 Å². The Morgan fingerprint density at radius 3 is 2.73 bits per heavy atom. The Morgan fingerprint density at radius 1 is 1.55 bits per heavy atom. The average molecular weight is 155 g/mol. The van der Waals surface area contributed by atoms with Crippen LogP contribution in [0.25, 0.3) is 0 Å². The number of nitrogens with zero attached hydrogens (tertiary/aromatic N) is 1. The van der Waals surface area contributed by atoms with Gasteiger partial charge in [0.2, 0.25) is 0 Å². The van der Waals surface area contributed by atoms with Crippen molar-refractivity contribution in [3.8, 4) is 0 Å². The SMILES string of the molecule is CCC1CCN1C1CC1CO. The van der Waals surface area contributed by atoms with Gasteiger partial charge < -0.3 is 5.11 Å². The van der Waals surface area contributed by atoms with Gasteiger partial charge in [-0.05, 0) is 25.2 Å². The predicted octanol–water partition coefficient (Wildman–Crippen LogP) is 0.851. The van der Waals surface area contributed by atoms with Crippen LogP contribution >= 0.6 is 0 Å². The number of hydrogen-bond donors (Lipinski definition) is 1. The van der Waals surface area contributed by atoms with Gasteiger partial charge in [0, 0.05) is 25.2 Å². The summed E-state index contributed by atoms with van der Waals surface area (Å²) < 4.78 is 0. The third-order valence-electron chi connectivity index (χ3n) is 3.21. The van der Waals surface area contributed by atoms with Crippen LogP contribution in [-0.2, 0) is 0 Å². The fourth-order valence-electron chi connectivity index (χ4n) is 2.17. The van der Waals surface area contributed by atoms with Crippen LogP contribution in [0.5, 0.6) is 0 Å². The van der Waals surface area contributed by atoms with Gasteiger partial charge in [-0.2, -0.15) is 0 Å². The minimum absolute atomic E-state index is 0.400. The highest BCUT2D eigenvalue weighted by molar-refractivity contribution is 5.00. The molecule has 1 saturated heterocycles. The van der Waals surface area contributed by atoms with Gasteiger partial charge in [0.25, 0.3) is 0 Å². The molecule has 2 aliphatic rings. The molecule has 1 aliphatic heterocycles. The van der Waals surface area contributed by atoms with Crippen LogP contribution in [0, 0.1) is 5.92 Å². The van der Waals surface area contributed by atoms with Crippen molar-refractivity contribution in [2.75, 3.05) is 13.2 Å². The molecular weight excluding hydrogens is 138 g/mol. The normalized spacial score (nSPS) is 43.6. The van der Waals surface area contributed by atoms with Crippen LogP contribution in [0.4, 0.5) is 0 Å². The smallest absolute Gasteiger partial charge is 0.0474 e. The molecule has 0 aromatic heterocycles. The van der Waals surface area contributed by atoms with E-state index in [9.17, 15) is 0 Å². The molecule has 0 aromatic rings. The zero-order chi connectivity index (χ0) is 7.84. The molecule has 64 valence electrons. The van der Waals surface area contributed by atoms with Crippen LogP contribution in [0.15, 0.2) is 0 Å². The molecule has 0 aromatic carbocycles. The van der Waals surface area contributed by atoms with Crippen LogP contribution < -0.4 is 0 Å². The highest BCUT2D eigenvalue weighted by Crippen LogP contribution is 2.40. The lowest BCUT2D eigenvalue weighted by Gasteiger charge is -2.41. The topological polar surface area (TPSA) is 23.5 Å². The highest BCUT2D eigenvalue weighted by Gasteiger charge is 2.46. The summed E-state index contributed by atoms with van der Waals surface area (Å²) in [6.07, 6.45) is 3.91. The Morgan fingerprint density at radius 2 is 2.36 bits per heavy atom. The molecule has 0 radical (unpaired) electrons. The summed E-state index contributed by atoms with van der Waals surface area (Å²) in [6, 6.07) is 1.59. The van der Waals surface area contributed by atoms with E-state index in [2.05, 4.69) is 11.8 Å². The molecule has 2 heteroatoms. The molecule has 11 heavy (non-hydrogen) atoms. The zero-order valence-electron chi connectivity index (χ0n) is 7.16. The lowest BCUT2D eigenvalue weighted by Crippen LogP contribution is -2.49. The van der Waals surface area contributed by atoms with Crippen LogP contribution in [0.3, 0.4) is 0 Å². The van der Waals surface area contributed by atoms with E-state index >= 15 is 0 Å². The molecule has 2 fully saturated rings. The standard InChI is InChI=1S/C9H17NO/c1-2-8-3-4-10(8)9-5-7(9)6-11/h7-9,11H,2-6H2,1H3. The van der Waals surface area contributed by atoms with Crippen molar-refractivity contribution in [3.05, 3.63) is 0 Å². The van der Waals surface area contributed by atoms with Crippen molar-refractivity contribution in [2.45, 2.75) is 38.3 Å². The molecule has 1 saturated carbocycles. The average Bonchev–Trinajstić information content (AvgIpc) is 2.66. The number of aliphatic hydroxyl groups is 1. The number of hydrogen-bond acceptors (Lipinski definition) is 2. The summed E-state index contributed by atoms with van der Waals surface area (Å²) in [7, 11) is 0. The van der Waals surface area contributed by atoms with Gasteiger partial charge in [-0.1, -0.05) is 6.92 Å². The molecule has 1 aliphatic carbocycles. The summed E-state index contributed by atoms with van der Waals surface area (Å²) in [4.78, 5) is 2.57. The largest absolute Gasteiger partial charge is 0.396 e. The van der Waals surface area contributed by atoms with Crippen molar-refractivity contribution < 1.29 is 5.11 Å². The second-order valence-electron chi connectivity index (χ2n) is 3.83. The summed E-state index contributed by atoms with van der Waals surface area (Å²) in [5.74, 6) is 0.615. The number of likely N-dealkylation sites (tertiary alicyclic amines) is 1. The third-order valence-corrected chi connectivity index (χ3v) is 3.21. The second kappa shape index (κ2) is 2.76. The lowest BCUT2D eigenvalue weighted by atomic mass is 10.0. The first-order valence-corrected chi connectivity index (χ1v) is 4.73. The quantitative estimate of drug-likeness (QED) is 0.653. The van der Waals surface area contributed by atoms with Gasteiger partial charge in [0.15, 0.2) is 0 Å². The van der Waals surface area contributed by atoms with E-state index in [0.717, 1.165) is 12.1 Å². The van der Waals surface area contributed by atoms with Crippen molar-refractivity contribution in [1.82, 2.24) is 4.90 Å². The summed E-state index contributed by atoms with van der Waals surface area (Å²) in [5, 5.41) is 8.88. The van der Waals surface area contributed by atoms with Gasteiger partial charge in [-0.25, -0.2) is 0 Å². The molecule has 2 nitrogen and oxygen atoms in total. The molecule has 1 N–H and O–H groups in total. The summed E-state index contributed by atoms with van der Waals surface area (Å²) in [6.45, 7) is 3.93. The molecule has 3 atom stereocenters. The van der Waals surface area contributed by atoms with Gasteiger partial charge in [0.05, 0.1) is 0 Å². The molecule has 3 unspecified atom stereocenters. The van der Waals surface area contributed by atoms with E-state index in [1.165, 1.54) is 25.8 Å². The van der Waals surface area contributed by atoms with Crippen LogP contribution in [0.1, 0.15) is 26.2 Å². The first-order chi connectivity index (χ1) is 5.36. The molecule has 0 bridgehead atoms. The van der Waals surface area contributed by atoms with E-state index < -0.39 is 0 Å². The monoisotopic (exact) mass is 155 g/mol. The Balaban J connectivity index is 1.79. The minimum atomic E-state index is 0.400. The maximum absolute atomic E-state index is 8.88. The Bertz CT molecular complexity index is 146. The first kappa shape index (κ1) is 7.56. The minimum Gasteiger partial charge on any atom is -0.396 e. The molecule has 1 heterocycles. The Kier molecular flexibility index (Phi) is 1.90. The maximum atomic E-state index is 8.88. The van der Waals surface area contributed by atoms with Gasteiger partial charge in [0.1, 0.15) is 0 Å². The molecular formula is C9H17NO. The van der Waals surface area contributed by atoms with E-state index in [-0.39, 0.29) is 0 Å². The second-order valence-corrected chi connectivity index (χ2v) is 3.83. The third kappa shape index (κ3) is 1.18. The number of aliphatic hydroxyl groups excluding tert-OH is 1. The maximum Gasteiger partial charge on any atom is 0.0474 e. The van der Waals surface area contributed by atoms with Gasteiger partial charge in [-0.3, -0.25) is 4.90 Å². The van der Waals surface area contributed by atoms with E-state index in [1.807, 2.05) is 0 Å². The van der Waals surface area contributed by atoms with Crippen LogP contribution in [-0.4, -0.2) is 35.2 Å². The predicted molar refractivity (Wildman–Crippen MR) is 44.4 cm³/mol. The van der Waals surface area contributed by atoms with Gasteiger partial charge >= 0.3 is 0 Å². The Labute approximate surface area is 68.2 Å². The van der Waals surface area contributed by atoms with Crippen molar-refractivity contribution in [1.29, 1.82) is 0 Å². The van der Waals surface area contributed by atoms with Crippen molar-refractivity contribution in [2.24, 2.45) is 5.92 Å². The fraction of sp³-hybridized carbons (Fsp3) is 1.00. The van der Waals surface area contributed by atoms with Crippen LogP contribution in [0.2, 0.25) is 0 Å². The van der Waals surface area contributed by atoms with E-state index in [0.29, 0.717) is 12.5 Å². The molecule has 0 spiro atoms.